The number of anilines is 1. The number of phenolic OH excluding ortho intramolecular Hbond substituents is 1. The summed E-state index contributed by atoms with van der Waals surface area (Å²) in [5.41, 5.74) is 3.04. The first-order valence-corrected chi connectivity index (χ1v) is 10.4. The molecule has 30 heavy (non-hydrogen) atoms. The Bertz CT molecular complexity index is 1030. The van der Waals surface area contributed by atoms with Crippen LogP contribution in [-0.4, -0.2) is 45.6 Å². The molecular weight excluding hydrogens is 424 g/mol. The number of thioether (sulfide) groups is 1. The number of hydrogen-bond donors (Lipinski definition) is 2. The number of amidine groups is 1. The quantitative estimate of drug-likeness (QED) is 0.682. The van der Waals surface area contributed by atoms with Gasteiger partial charge in [0.25, 0.3) is 5.91 Å². The Morgan fingerprint density at radius 1 is 1.30 bits per heavy atom. The monoisotopic (exact) mass is 444 g/mol. The van der Waals surface area contributed by atoms with Crippen molar-refractivity contribution in [3.05, 3.63) is 58.1 Å². The normalized spacial score (nSPS) is 17.9. The number of phenols is 1. The van der Waals surface area contributed by atoms with Crippen LogP contribution in [0, 0.1) is 13.8 Å². The predicted molar refractivity (Wildman–Crippen MR) is 121 cm³/mol. The van der Waals surface area contributed by atoms with Crippen LogP contribution in [0.2, 0.25) is 5.02 Å². The number of hydrazone groups is 1. The lowest BCUT2D eigenvalue weighted by atomic mass is 10.1. The number of nitrogens with zero attached hydrogens (tertiary/aromatic N) is 3. The highest BCUT2D eigenvalue weighted by atomic mass is 35.5. The van der Waals surface area contributed by atoms with E-state index < -0.39 is 5.25 Å². The third-order valence-electron chi connectivity index (χ3n) is 4.52. The van der Waals surface area contributed by atoms with Crippen LogP contribution in [0.3, 0.4) is 0 Å². The summed E-state index contributed by atoms with van der Waals surface area (Å²) in [6.07, 6.45) is 1.33. The molecule has 1 aliphatic rings. The molecule has 2 aromatic carbocycles. The predicted octanol–water partition coefficient (Wildman–Crippen LogP) is 3.95. The van der Waals surface area contributed by atoms with E-state index in [1.807, 2.05) is 32.0 Å². The van der Waals surface area contributed by atoms with E-state index >= 15 is 0 Å². The zero-order chi connectivity index (χ0) is 21.8. The number of hydrogen-bond acceptors (Lipinski definition) is 6. The van der Waals surface area contributed by atoms with E-state index in [1.165, 1.54) is 30.1 Å². The highest BCUT2D eigenvalue weighted by Gasteiger charge is 2.39. The van der Waals surface area contributed by atoms with Crippen molar-refractivity contribution in [2.75, 3.05) is 12.4 Å². The lowest BCUT2D eigenvalue weighted by Crippen LogP contribution is -2.30. The van der Waals surface area contributed by atoms with Crippen LogP contribution >= 0.6 is 23.4 Å². The standard InChI is InChI=1S/C21H21ClN4O3S/c1-12-5-4-6-13(2)19(12)25-18(28)10-17-20(29)26(21(23-3)30-17)24-11-14-9-15(22)7-8-16(14)27/h4-9,11,17,27H,10H2,1-3H3,(H,25,28)/b23-21?,24-11+/t17-/m0/s1. The van der Waals surface area contributed by atoms with Gasteiger partial charge < -0.3 is 10.4 Å². The summed E-state index contributed by atoms with van der Waals surface area (Å²) in [7, 11) is 1.55. The van der Waals surface area contributed by atoms with E-state index in [0.717, 1.165) is 21.8 Å². The van der Waals surface area contributed by atoms with E-state index in [2.05, 4.69) is 15.4 Å². The Balaban J connectivity index is 1.72. The first-order valence-electron chi connectivity index (χ1n) is 9.16. The van der Waals surface area contributed by atoms with Crippen LogP contribution < -0.4 is 5.32 Å². The molecule has 9 heteroatoms. The van der Waals surface area contributed by atoms with Crippen molar-refractivity contribution in [2.45, 2.75) is 25.5 Å². The second-order valence-electron chi connectivity index (χ2n) is 6.73. The summed E-state index contributed by atoms with van der Waals surface area (Å²) in [5, 5.41) is 18.3. The number of nitrogens with one attached hydrogen (secondary N) is 1. The molecule has 2 aromatic rings. The highest BCUT2D eigenvalue weighted by Crippen LogP contribution is 2.31. The fraction of sp³-hybridized carbons (Fsp3) is 0.238. The Morgan fingerprint density at radius 2 is 2.00 bits per heavy atom. The van der Waals surface area contributed by atoms with Gasteiger partial charge in [-0.2, -0.15) is 10.1 Å². The minimum absolute atomic E-state index is 0.00920. The summed E-state index contributed by atoms with van der Waals surface area (Å²) in [6, 6.07) is 10.3. The minimum Gasteiger partial charge on any atom is -0.507 e. The summed E-state index contributed by atoms with van der Waals surface area (Å²) >= 11 is 7.12. The Morgan fingerprint density at radius 3 is 2.67 bits per heavy atom. The van der Waals surface area contributed by atoms with Gasteiger partial charge in [0.1, 0.15) is 11.0 Å². The van der Waals surface area contributed by atoms with E-state index in [9.17, 15) is 14.7 Å². The van der Waals surface area contributed by atoms with Crippen molar-refractivity contribution in [1.29, 1.82) is 0 Å². The van der Waals surface area contributed by atoms with Crippen molar-refractivity contribution >= 4 is 52.2 Å². The maximum absolute atomic E-state index is 12.8. The van der Waals surface area contributed by atoms with Crippen molar-refractivity contribution < 1.29 is 14.7 Å². The Hall–Kier alpha value is -2.84. The van der Waals surface area contributed by atoms with Crippen LogP contribution in [-0.2, 0) is 9.59 Å². The molecule has 0 radical (unpaired) electrons. The summed E-state index contributed by atoms with van der Waals surface area (Å²) in [5.74, 6) is -0.621. The van der Waals surface area contributed by atoms with Crippen LogP contribution in [0.5, 0.6) is 5.75 Å². The van der Waals surface area contributed by atoms with E-state index in [4.69, 9.17) is 11.6 Å². The van der Waals surface area contributed by atoms with Gasteiger partial charge in [0.05, 0.1) is 6.21 Å². The molecule has 1 aliphatic heterocycles. The topological polar surface area (TPSA) is 94.4 Å². The van der Waals surface area contributed by atoms with Crippen molar-refractivity contribution in [3.8, 4) is 5.75 Å². The van der Waals surface area contributed by atoms with Gasteiger partial charge in [-0.1, -0.05) is 41.6 Å². The van der Waals surface area contributed by atoms with Gasteiger partial charge in [0, 0.05) is 29.7 Å². The molecule has 1 heterocycles. The molecule has 2 amide bonds. The number of para-hydroxylation sites is 1. The summed E-state index contributed by atoms with van der Waals surface area (Å²) in [6.45, 7) is 3.84. The molecule has 1 saturated heterocycles. The fourth-order valence-electron chi connectivity index (χ4n) is 2.96. The van der Waals surface area contributed by atoms with Crippen LogP contribution in [0.1, 0.15) is 23.1 Å². The first kappa shape index (κ1) is 21.9. The number of aryl methyl sites for hydroxylation is 2. The minimum atomic E-state index is -0.641. The molecule has 0 saturated carbocycles. The highest BCUT2D eigenvalue weighted by molar-refractivity contribution is 8.15. The second kappa shape index (κ2) is 9.32. The maximum Gasteiger partial charge on any atom is 0.263 e. The molecule has 0 aromatic heterocycles. The molecule has 0 unspecified atom stereocenters. The Labute approximate surface area is 183 Å². The second-order valence-corrected chi connectivity index (χ2v) is 8.34. The molecule has 0 spiro atoms. The third-order valence-corrected chi connectivity index (χ3v) is 5.98. The van der Waals surface area contributed by atoms with Gasteiger partial charge >= 0.3 is 0 Å². The van der Waals surface area contributed by atoms with Gasteiger partial charge in [0.2, 0.25) is 5.91 Å². The molecule has 0 aliphatic carbocycles. The van der Waals surface area contributed by atoms with Crippen LogP contribution in [0.25, 0.3) is 0 Å². The number of halogens is 1. The van der Waals surface area contributed by atoms with Crippen LogP contribution in [0.4, 0.5) is 5.69 Å². The van der Waals surface area contributed by atoms with Crippen LogP contribution in [0.15, 0.2) is 46.5 Å². The number of benzene rings is 2. The summed E-state index contributed by atoms with van der Waals surface area (Å²) in [4.78, 5) is 29.5. The van der Waals surface area contributed by atoms with Crippen molar-refractivity contribution in [3.63, 3.8) is 0 Å². The number of aromatic hydroxyl groups is 1. The Kier molecular flexibility index (Phi) is 6.79. The molecule has 2 N–H and O–H groups in total. The summed E-state index contributed by atoms with van der Waals surface area (Å²) < 4.78 is 0. The fourth-order valence-corrected chi connectivity index (χ4v) is 4.17. The molecule has 1 atom stereocenters. The van der Waals surface area contributed by atoms with Gasteiger partial charge in [-0.25, -0.2) is 0 Å². The number of rotatable bonds is 5. The molecule has 7 nitrogen and oxygen atoms in total. The molecule has 0 bridgehead atoms. The molecule has 156 valence electrons. The van der Waals surface area contributed by atoms with Gasteiger partial charge in [-0.15, -0.1) is 0 Å². The van der Waals surface area contributed by atoms with Gasteiger partial charge in [-0.05, 0) is 43.2 Å². The van der Waals surface area contributed by atoms with Gasteiger partial charge in [0.15, 0.2) is 5.17 Å². The zero-order valence-electron chi connectivity index (χ0n) is 16.7. The van der Waals surface area contributed by atoms with E-state index in [1.54, 1.807) is 13.1 Å². The number of aliphatic imine (C=N–C) groups is 1. The van der Waals surface area contributed by atoms with Gasteiger partial charge in [-0.3, -0.25) is 14.6 Å². The molecule has 3 rings (SSSR count). The lowest BCUT2D eigenvalue weighted by Gasteiger charge is -2.13. The SMILES string of the molecule is CN=C1S[C@@H](CC(=O)Nc2c(C)cccc2C)C(=O)N1/N=C/c1cc(Cl)ccc1O. The average Bonchev–Trinajstić information content (AvgIpc) is 3.00. The van der Waals surface area contributed by atoms with Crippen molar-refractivity contribution in [2.24, 2.45) is 10.1 Å². The van der Waals surface area contributed by atoms with E-state index in [-0.39, 0.29) is 24.0 Å². The lowest BCUT2D eigenvalue weighted by molar-refractivity contribution is -0.128. The molecule has 1 fully saturated rings. The number of carbonyl (C=O) groups excluding carboxylic acids is 2. The first-order chi connectivity index (χ1) is 14.3. The maximum atomic E-state index is 12.8. The number of carbonyl (C=O) groups is 2. The number of amides is 2. The van der Waals surface area contributed by atoms with Crippen molar-refractivity contribution in [1.82, 2.24) is 5.01 Å². The largest absolute Gasteiger partial charge is 0.507 e. The third kappa shape index (κ3) is 4.83. The average molecular weight is 445 g/mol. The molecular formula is C21H21ClN4O3S. The smallest absolute Gasteiger partial charge is 0.263 e. The zero-order valence-corrected chi connectivity index (χ0v) is 18.3. The van der Waals surface area contributed by atoms with E-state index in [0.29, 0.717) is 15.8 Å².